The topological polar surface area (TPSA) is 0 Å². The zero-order chi connectivity index (χ0) is 11.5. The minimum absolute atomic E-state index is 0.193. The molecular formula is C10H7ClF4. The molecule has 15 heavy (non-hydrogen) atoms. The highest BCUT2D eigenvalue weighted by Crippen LogP contribution is 2.32. The highest BCUT2D eigenvalue weighted by molar-refractivity contribution is 6.19. The van der Waals surface area contributed by atoms with Crippen LogP contribution in [-0.4, -0.2) is 5.88 Å². The molecule has 0 radical (unpaired) electrons. The zero-order valence-electron chi connectivity index (χ0n) is 7.48. The van der Waals surface area contributed by atoms with E-state index in [1.54, 1.807) is 0 Å². The van der Waals surface area contributed by atoms with Gasteiger partial charge in [-0.25, -0.2) is 4.39 Å². The Hall–Kier alpha value is -1.03. The van der Waals surface area contributed by atoms with Gasteiger partial charge in [-0.1, -0.05) is 18.2 Å². The van der Waals surface area contributed by atoms with Gasteiger partial charge in [0.1, 0.15) is 5.82 Å². The highest BCUT2D eigenvalue weighted by atomic mass is 35.5. The summed E-state index contributed by atoms with van der Waals surface area (Å²) in [7, 11) is 0. The molecule has 1 aromatic carbocycles. The molecule has 0 spiro atoms. The first-order valence-corrected chi connectivity index (χ1v) is 4.58. The standard InChI is InChI=1S/C10H7ClF4/c11-5-1-2-7-3-4-9(12)8(6-7)10(13,14)15/h1-4,6H,5H2/b2-1+. The van der Waals surface area contributed by atoms with Crippen molar-refractivity contribution in [3.63, 3.8) is 0 Å². The van der Waals surface area contributed by atoms with Crippen molar-refractivity contribution in [3.05, 3.63) is 41.2 Å². The minimum atomic E-state index is -4.67. The van der Waals surface area contributed by atoms with E-state index in [-0.39, 0.29) is 11.4 Å². The molecule has 0 fully saturated rings. The maximum absolute atomic E-state index is 12.8. The molecule has 0 aliphatic heterocycles. The number of rotatable bonds is 2. The molecule has 82 valence electrons. The van der Waals surface area contributed by atoms with E-state index in [2.05, 4.69) is 0 Å². The summed E-state index contributed by atoms with van der Waals surface area (Å²) in [6, 6.07) is 2.79. The van der Waals surface area contributed by atoms with Crippen LogP contribution in [0.2, 0.25) is 0 Å². The Morgan fingerprint density at radius 2 is 1.93 bits per heavy atom. The van der Waals surface area contributed by atoms with E-state index in [4.69, 9.17) is 11.6 Å². The monoisotopic (exact) mass is 238 g/mol. The van der Waals surface area contributed by atoms with Crippen molar-refractivity contribution in [1.82, 2.24) is 0 Å². The number of benzene rings is 1. The number of hydrogen-bond donors (Lipinski definition) is 0. The Bertz CT molecular complexity index is 368. The molecule has 0 atom stereocenters. The first-order valence-electron chi connectivity index (χ1n) is 4.04. The van der Waals surface area contributed by atoms with Crippen LogP contribution in [0.5, 0.6) is 0 Å². The maximum Gasteiger partial charge on any atom is 0.419 e. The Morgan fingerprint density at radius 1 is 1.27 bits per heavy atom. The van der Waals surface area contributed by atoms with Crippen molar-refractivity contribution in [2.24, 2.45) is 0 Å². The molecule has 1 aromatic rings. The van der Waals surface area contributed by atoms with Gasteiger partial charge in [0.2, 0.25) is 0 Å². The Kier molecular flexibility index (Phi) is 3.74. The molecule has 0 saturated heterocycles. The summed E-state index contributed by atoms with van der Waals surface area (Å²) in [4.78, 5) is 0. The molecule has 0 saturated carbocycles. The summed E-state index contributed by atoms with van der Waals surface area (Å²) >= 11 is 5.33. The first kappa shape index (κ1) is 12.0. The third-order valence-corrected chi connectivity index (χ3v) is 1.87. The molecule has 0 N–H and O–H groups in total. The zero-order valence-corrected chi connectivity index (χ0v) is 8.24. The van der Waals surface area contributed by atoms with Crippen LogP contribution in [0, 0.1) is 5.82 Å². The predicted molar refractivity (Wildman–Crippen MR) is 51.2 cm³/mol. The molecule has 0 unspecified atom stereocenters. The van der Waals surface area contributed by atoms with Gasteiger partial charge in [0.15, 0.2) is 0 Å². The van der Waals surface area contributed by atoms with Gasteiger partial charge in [0.25, 0.3) is 0 Å². The molecule has 0 heterocycles. The fourth-order valence-electron chi connectivity index (χ4n) is 1.04. The predicted octanol–water partition coefficient (Wildman–Crippen LogP) is 4.10. The molecule has 0 aliphatic carbocycles. The van der Waals surface area contributed by atoms with Crippen LogP contribution in [0.4, 0.5) is 17.6 Å². The van der Waals surface area contributed by atoms with Crippen LogP contribution in [0.25, 0.3) is 6.08 Å². The van der Waals surface area contributed by atoms with E-state index in [1.165, 1.54) is 18.2 Å². The van der Waals surface area contributed by atoms with Gasteiger partial charge in [-0.2, -0.15) is 13.2 Å². The lowest BCUT2D eigenvalue weighted by atomic mass is 10.1. The second-order valence-electron chi connectivity index (χ2n) is 2.79. The van der Waals surface area contributed by atoms with Gasteiger partial charge < -0.3 is 0 Å². The summed E-state index contributed by atoms with van der Waals surface area (Å²) in [5.41, 5.74) is -0.997. The summed E-state index contributed by atoms with van der Waals surface area (Å²) in [6.07, 6.45) is -1.79. The van der Waals surface area contributed by atoms with Crippen LogP contribution >= 0.6 is 11.6 Å². The lowest BCUT2D eigenvalue weighted by Crippen LogP contribution is -2.08. The summed E-state index contributed by atoms with van der Waals surface area (Å²) in [6.45, 7) is 0. The van der Waals surface area contributed by atoms with Crippen molar-refractivity contribution in [3.8, 4) is 0 Å². The molecule has 0 bridgehead atoms. The quantitative estimate of drug-likeness (QED) is 0.538. The van der Waals surface area contributed by atoms with Gasteiger partial charge >= 0.3 is 6.18 Å². The number of alkyl halides is 4. The SMILES string of the molecule is Fc1ccc(/C=C/CCl)cc1C(F)(F)F. The fourth-order valence-corrected chi connectivity index (χ4v) is 1.13. The van der Waals surface area contributed by atoms with Crippen LogP contribution < -0.4 is 0 Å². The lowest BCUT2D eigenvalue weighted by Gasteiger charge is -2.08. The largest absolute Gasteiger partial charge is 0.419 e. The summed E-state index contributed by atoms with van der Waals surface area (Å²) in [5, 5.41) is 0. The smallest absolute Gasteiger partial charge is 0.206 e. The van der Waals surface area contributed by atoms with E-state index in [0.717, 1.165) is 12.1 Å². The van der Waals surface area contributed by atoms with E-state index in [0.29, 0.717) is 0 Å². The number of halogens is 5. The first-order chi connectivity index (χ1) is 6.95. The minimum Gasteiger partial charge on any atom is -0.206 e. The molecule has 0 amide bonds. The van der Waals surface area contributed by atoms with Gasteiger partial charge in [-0.3, -0.25) is 0 Å². The van der Waals surface area contributed by atoms with E-state index >= 15 is 0 Å². The number of allylic oxidation sites excluding steroid dienone is 1. The molecule has 0 aromatic heterocycles. The van der Waals surface area contributed by atoms with Crippen LogP contribution in [0.1, 0.15) is 11.1 Å². The van der Waals surface area contributed by atoms with Crippen molar-refractivity contribution < 1.29 is 17.6 Å². The Morgan fingerprint density at radius 3 is 2.47 bits per heavy atom. The van der Waals surface area contributed by atoms with E-state index in [9.17, 15) is 17.6 Å². The van der Waals surface area contributed by atoms with Crippen molar-refractivity contribution in [2.75, 3.05) is 5.88 Å². The Balaban J connectivity index is 3.11. The van der Waals surface area contributed by atoms with Crippen molar-refractivity contribution in [1.29, 1.82) is 0 Å². The Labute approximate surface area is 89.2 Å². The van der Waals surface area contributed by atoms with Gasteiger partial charge in [-0.05, 0) is 17.7 Å². The van der Waals surface area contributed by atoms with Gasteiger partial charge in [0.05, 0.1) is 5.56 Å². The molecule has 1 rings (SSSR count). The second-order valence-corrected chi connectivity index (χ2v) is 3.10. The van der Waals surface area contributed by atoms with Gasteiger partial charge in [-0.15, -0.1) is 11.6 Å². The summed E-state index contributed by atoms with van der Waals surface area (Å²) < 4.78 is 49.6. The second kappa shape index (κ2) is 4.66. The normalized spacial score (nSPS) is 12.3. The van der Waals surface area contributed by atoms with Crippen LogP contribution in [0.15, 0.2) is 24.3 Å². The lowest BCUT2D eigenvalue weighted by molar-refractivity contribution is -0.140. The van der Waals surface area contributed by atoms with Crippen LogP contribution in [-0.2, 0) is 6.18 Å². The third kappa shape index (κ3) is 3.23. The molecule has 5 heteroatoms. The maximum atomic E-state index is 12.8. The van der Waals surface area contributed by atoms with E-state index < -0.39 is 17.6 Å². The molecule has 0 nitrogen and oxygen atoms in total. The number of hydrogen-bond acceptors (Lipinski definition) is 0. The van der Waals surface area contributed by atoms with Gasteiger partial charge in [0, 0.05) is 5.88 Å². The average molecular weight is 239 g/mol. The molecular weight excluding hydrogens is 232 g/mol. The average Bonchev–Trinajstić information content (AvgIpc) is 2.15. The highest BCUT2D eigenvalue weighted by Gasteiger charge is 2.33. The van der Waals surface area contributed by atoms with Crippen LogP contribution in [0.3, 0.4) is 0 Å². The summed E-state index contributed by atoms with van der Waals surface area (Å²) in [5.74, 6) is -1.08. The van der Waals surface area contributed by atoms with E-state index in [1.807, 2.05) is 0 Å². The third-order valence-electron chi connectivity index (χ3n) is 1.70. The molecule has 0 aliphatic rings. The van der Waals surface area contributed by atoms with Crippen molar-refractivity contribution >= 4 is 17.7 Å². The fraction of sp³-hybridized carbons (Fsp3) is 0.200. The van der Waals surface area contributed by atoms with Crippen molar-refractivity contribution in [2.45, 2.75) is 6.18 Å².